The number of benzene rings is 1. The van der Waals surface area contributed by atoms with Crippen LogP contribution in [0.2, 0.25) is 0 Å². The summed E-state index contributed by atoms with van der Waals surface area (Å²) in [6.45, 7) is 2.31. The van der Waals surface area contributed by atoms with Gasteiger partial charge in [0.15, 0.2) is 11.5 Å². The molecule has 108 valence electrons. The van der Waals surface area contributed by atoms with Crippen molar-refractivity contribution in [3.8, 4) is 11.5 Å². The molecule has 20 heavy (non-hydrogen) atoms. The van der Waals surface area contributed by atoms with Crippen LogP contribution in [-0.2, 0) is 22.7 Å². The van der Waals surface area contributed by atoms with Crippen LogP contribution in [0.5, 0.6) is 11.5 Å². The number of carbonyl (C=O) groups is 2. The largest absolute Gasteiger partial charge is 0.504 e. The predicted octanol–water partition coefficient (Wildman–Crippen LogP) is 1.35. The van der Waals surface area contributed by atoms with Gasteiger partial charge in [0.05, 0.1) is 13.0 Å². The molecule has 1 aromatic rings. The van der Waals surface area contributed by atoms with Crippen molar-refractivity contribution in [1.82, 2.24) is 4.90 Å². The molecule has 1 aliphatic rings. The van der Waals surface area contributed by atoms with Crippen molar-refractivity contribution in [3.63, 3.8) is 0 Å². The SMILES string of the molecule is COc1cc2c(cc1O)CN(C(=O)CC(C)C(=O)O)C2. The Morgan fingerprint density at radius 1 is 1.35 bits per heavy atom. The van der Waals surface area contributed by atoms with Gasteiger partial charge >= 0.3 is 5.97 Å². The van der Waals surface area contributed by atoms with Gasteiger partial charge in [-0.25, -0.2) is 0 Å². The summed E-state index contributed by atoms with van der Waals surface area (Å²) < 4.78 is 5.03. The fourth-order valence-electron chi connectivity index (χ4n) is 2.23. The van der Waals surface area contributed by atoms with Crippen LogP contribution in [0, 0.1) is 5.92 Å². The molecule has 0 spiro atoms. The number of methoxy groups -OCH3 is 1. The fraction of sp³-hybridized carbons (Fsp3) is 0.429. The van der Waals surface area contributed by atoms with Crippen LogP contribution in [0.25, 0.3) is 0 Å². The van der Waals surface area contributed by atoms with E-state index in [1.165, 1.54) is 14.0 Å². The van der Waals surface area contributed by atoms with E-state index in [-0.39, 0.29) is 18.1 Å². The highest BCUT2D eigenvalue weighted by Gasteiger charge is 2.27. The van der Waals surface area contributed by atoms with Gasteiger partial charge in [0, 0.05) is 19.5 Å². The molecule has 1 aliphatic heterocycles. The van der Waals surface area contributed by atoms with Crippen molar-refractivity contribution in [2.45, 2.75) is 26.4 Å². The first kappa shape index (κ1) is 14.2. The number of nitrogens with zero attached hydrogens (tertiary/aromatic N) is 1. The van der Waals surface area contributed by atoms with Crippen LogP contribution >= 0.6 is 0 Å². The molecule has 0 saturated heterocycles. The molecule has 0 fully saturated rings. The number of aromatic hydroxyl groups is 1. The molecule has 2 N–H and O–H groups in total. The lowest BCUT2D eigenvalue weighted by molar-refractivity contribution is -0.145. The first-order chi connectivity index (χ1) is 9.42. The van der Waals surface area contributed by atoms with Crippen LogP contribution in [0.1, 0.15) is 24.5 Å². The normalized spacial score (nSPS) is 14.8. The van der Waals surface area contributed by atoms with Gasteiger partial charge in [-0.15, -0.1) is 0 Å². The number of carboxylic acids is 1. The number of ether oxygens (including phenoxy) is 1. The molecule has 2 rings (SSSR count). The first-order valence-corrected chi connectivity index (χ1v) is 6.31. The Bertz CT molecular complexity index is 555. The zero-order valence-electron chi connectivity index (χ0n) is 11.4. The monoisotopic (exact) mass is 279 g/mol. The average molecular weight is 279 g/mol. The minimum Gasteiger partial charge on any atom is -0.504 e. The van der Waals surface area contributed by atoms with E-state index in [0.717, 1.165) is 11.1 Å². The van der Waals surface area contributed by atoms with Crippen LogP contribution in [0.15, 0.2) is 12.1 Å². The molecule has 1 atom stereocenters. The van der Waals surface area contributed by atoms with Gasteiger partial charge in [0.25, 0.3) is 0 Å². The van der Waals surface area contributed by atoms with E-state index in [2.05, 4.69) is 0 Å². The fourth-order valence-corrected chi connectivity index (χ4v) is 2.23. The highest BCUT2D eigenvalue weighted by atomic mass is 16.5. The summed E-state index contributed by atoms with van der Waals surface area (Å²) in [6.07, 6.45) is -0.0214. The lowest BCUT2D eigenvalue weighted by Gasteiger charge is -2.16. The maximum absolute atomic E-state index is 12.0. The van der Waals surface area contributed by atoms with Crippen molar-refractivity contribution in [2.24, 2.45) is 5.92 Å². The van der Waals surface area contributed by atoms with Crippen LogP contribution in [0.4, 0.5) is 0 Å². The number of fused-ring (bicyclic) bond motifs is 1. The molecule has 1 unspecified atom stereocenters. The third-order valence-corrected chi connectivity index (χ3v) is 3.48. The second kappa shape index (κ2) is 5.40. The Morgan fingerprint density at radius 3 is 2.50 bits per heavy atom. The van der Waals surface area contributed by atoms with E-state index in [0.29, 0.717) is 18.8 Å². The zero-order valence-corrected chi connectivity index (χ0v) is 11.4. The molecule has 1 aromatic carbocycles. The highest BCUT2D eigenvalue weighted by molar-refractivity contribution is 5.82. The van der Waals surface area contributed by atoms with Crippen molar-refractivity contribution in [1.29, 1.82) is 0 Å². The molecule has 0 radical (unpaired) electrons. The Labute approximate surface area is 116 Å². The smallest absolute Gasteiger partial charge is 0.306 e. The molecule has 0 aromatic heterocycles. The number of carboxylic acid groups (broad SMARTS) is 1. The van der Waals surface area contributed by atoms with Crippen LogP contribution in [0.3, 0.4) is 0 Å². The Kier molecular flexibility index (Phi) is 3.83. The van der Waals surface area contributed by atoms with E-state index in [1.54, 1.807) is 17.0 Å². The van der Waals surface area contributed by atoms with Crippen molar-refractivity contribution < 1.29 is 24.5 Å². The van der Waals surface area contributed by atoms with E-state index in [1.807, 2.05) is 0 Å². The van der Waals surface area contributed by atoms with Crippen molar-refractivity contribution >= 4 is 11.9 Å². The summed E-state index contributed by atoms with van der Waals surface area (Å²) in [5.41, 5.74) is 1.77. The number of phenols is 1. The molecule has 6 heteroatoms. The summed E-state index contributed by atoms with van der Waals surface area (Å²) in [7, 11) is 1.47. The third kappa shape index (κ3) is 2.68. The summed E-state index contributed by atoms with van der Waals surface area (Å²) in [5.74, 6) is -1.46. The molecule has 0 bridgehead atoms. The Morgan fingerprint density at radius 2 is 1.95 bits per heavy atom. The highest BCUT2D eigenvalue weighted by Crippen LogP contribution is 2.34. The summed E-state index contributed by atoms with van der Waals surface area (Å²) in [6, 6.07) is 3.29. The molecule has 0 aliphatic carbocycles. The summed E-state index contributed by atoms with van der Waals surface area (Å²) >= 11 is 0. The second-order valence-corrected chi connectivity index (χ2v) is 4.99. The number of aliphatic carboxylic acids is 1. The summed E-state index contributed by atoms with van der Waals surface area (Å²) in [5, 5.41) is 18.5. The topological polar surface area (TPSA) is 87.1 Å². The molecule has 1 heterocycles. The van der Waals surface area contributed by atoms with Crippen molar-refractivity contribution in [2.75, 3.05) is 7.11 Å². The minimum atomic E-state index is -0.977. The number of carbonyl (C=O) groups excluding carboxylic acids is 1. The van der Waals surface area contributed by atoms with Gasteiger partial charge in [-0.05, 0) is 23.3 Å². The molecule has 0 saturated carbocycles. The van der Waals surface area contributed by atoms with Gasteiger partial charge in [0.1, 0.15) is 0 Å². The number of hydrogen-bond donors (Lipinski definition) is 2. The van der Waals surface area contributed by atoms with Crippen LogP contribution < -0.4 is 4.74 Å². The lowest BCUT2D eigenvalue weighted by atomic mass is 10.1. The van der Waals surface area contributed by atoms with Gasteiger partial charge in [-0.2, -0.15) is 0 Å². The van der Waals surface area contributed by atoms with Gasteiger partial charge in [-0.3, -0.25) is 9.59 Å². The number of amides is 1. The van der Waals surface area contributed by atoms with E-state index in [9.17, 15) is 14.7 Å². The van der Waals surface area contributed by atoms with E-state index in [4.69, 9.17) is 9.84 Å². The number of rotatable bonds is 4. The molecule has 1 amide bonds. The van der Waals surface area contributed by atoms with E-state index >= 15 is 0 Å². The van der Waals surface area contributed by atoms with Gasteiger partial charge in [0.2, 0.25) is 5.91 Å². The predicted molar refractivity (Wildman–Crippen MR) is 70.3 cm³/mol. The number of hydrogen-bond acceptors (Lipinski definition) is 4. The molecule has 6 nitrogen and oxygen atoms in total. The maximum Gasteiger partial charge on any atom is 0.306 e. The van der Waals surface area contributed by atoms with Crippen molar-refractivity contribution in [3.05, 3.63) is 23.3 Å². The van der Waals surface area contributed by atoms with Gasteiger partial charge in [-0.1, -0.05) is 6.92 Å². The Balaban J connectivity index is 2.09. The lowest BCUT2D eigenvalue weighted by Crippen LogP contribution is -2.28. The third-order valence-electron chi connectivity index (χ3n) is 3.48. The minimum absolute atomic E-state index is 0.0214. The standard InChI is InChI=1S/C14H17NO5/c1-8(14(18)19)3-13(17)15-6-9-4-11(16)12(20-2)5-10(9)7-15/h4-5,8,16H,3,6-7H2,1-2H3,(H,18,19). The van der Waals surface area contributed by atoms with E-state index < -0.39 is 11.9 Å². The number of phenolic OH excluding ortho intramolecular Hbond substituents is 1. The summed E-state index contributed by atoms with van der Waals surface area (Å²) in [4.78, 5) is 24.4. The van der Waals surface area contributed by atoms with Crippen LogP contribution in [-0.4, -0.2) is 34.1 Å². The maximum atomic E-state index is 12.0. The second-order valence-electron chi connectivity index (χ2n) is 4.99. The molecular weight excluding hydrogens is 262 g/mol. The quantitative estimate of drug-likeness (QED) is 0.868. The molecular formula is C14H17NO5. The average Bonchev–Trinajstić information content (AvgIpc) is 2.80. The zero-order chi connectivity index (χ0) is 14.9. The Hall–Kier alpha value is -2.24. The van der Waals surface area contributed by atoms with Gasteiger partial charge < -0.3 is 19.8 Å². The first-order valence-electron chi connectivity index (χ1n) is 6.31.